The Labute approximate surface area is 118 Å². The SMILES string of the molecule is CC(C)n1nccc1NC(=O)CN1CCOCC1CO. The van der Waals surface area contributed by atoms with Gasteiger partial charge in [0, 0.05) is 18.7 Å². The fraction of sp³-hybridized carbons (Fsp3) is 0.692. The maximum Gasteiger partial charge on any atom is 0.239 e. The van der Waals surface area contributed by atoms with Gasteiger partial charge in [0.15, 0.2) is 0 Å². The van der Waals surface area contributed by atoms with Crippen LogP contribution in [0.2, 0.25) is 0 Å². The molecule has 0 spiro atoms. The average molecular weight is 282 g/mol. The summed E-state index contributed by atoms with van der Waals surface area (Å²) in [7, 11) is 0. The first kappa shape index (κ1) is 15.0. The van der Waals surface area contributed by atoms with Gasteiger partial charge in [0.05, 0.1) is 38.6 Å². The molecule has 1 saturated heterocycles. The van der Waals surface area contributed by atoms with E-state index in [9.17, 15) is 9.90 Å². The molecule has 1 aromatic rings. The molecule has 1 atom stereocenters. The molecular formula is C13H22N4O3. The van der Waals surface area contributed by atoms with Gasteiger partial charge < -0.3 is 15.2 Å². The predicted octanol–water partition coefficient (Wildman–Crippen LogP) is 0.0956. The number of nitrogens with one attached hydrogen (secondary N) is 1. The van der Waals surface area contributed by atoms with Gasteiger partial charge in [0.2, 0.25) is 5.91 Å². The van der Waals surface area contributed by atoms with Gasteiger partial charge in [-0.2, -0.15) is 5.10 Å². The van der Waals surface area contributed by atoms with Crippen molar-refractivity contribution in [2.45, 2.75) is 25.9 Å². The summed E-state index contributed by atoms with van der Waals surface area (Å²) in [5.41, 5.74) is 0. The van der Waals surface area contributed by atoms with Gasteiger partial charge in [0.25, 0.3) is 0 Å². The molecule has 0 aromatic carbocycles. The molecule has 1 fully saturated rings. The average Bonchev–Trinajstić information content (AvgIpc) is 2.87. The lowest BCUT2D eigenvalue weighted by molar-refractivity contribution is -0.120. The van der Waals surface area contributed by atoms with Gasteiger partial charge in [-0.25, -0.2) is 4.68 Å². The Morgan fingerprint density at radius 1 is 1.65 bits per heavy atom. The zero-order chi connectivity index (χ0) is 14.5. The molecule has 20 heavy (non-hydrogen) atoms. The minimum Gasteiger partial charge on any atom is -0.395 e. The topological polar surface area (TPSA) is 79.6 Å². The van der Waals surface area contributed by atoms with Crippen LogP contribution in [0.1, 0.15) is 19.9 Å². The number of rotatable bonds is 5. The van der Waals surface area contributed by atoms with Crippen LogP contribution < -0.4 is 5.32 Å². The highest BCUT2D eigenvalue weighted by atomic mass is 16.5. The van der Waals surface area contributed by atoms with Crippen LogP contribution in [0.25, 0.3) is 0 Å². The molecule has 1 unspecified atom stereocenters. The van der Waals surface area contributed by atoms with Crippen molar-refractivity contribution in [3.8, 4) is 0 Å². The van der Waals surface area contributed by atoms with Crippen LogP contribution >= 0.6 is 0 Å². The van der Waals surface area contributed by atoms with E-state index in [1.807, 2.05) is 18.7 Å². The summed E-state index contributed by atoms with van der Waals surface area (Å²) in [5.74, 6) is 0.589. The van der Waals surface area contributed by atoms with Crippen LogP contribution in [0.15, 0.2) is 12.3 Å². The van der Waals surface area contributed by atoms with Crippen LogP contribution in [0.4, 0.5) is 5.82 Å². The van der Waals surface area contributed by atoms with Gasteiger partial charge in [0.1, 0.15) is 5.82 Å². The second kappa shape index (κ2) is 6.83. The fourth-order valence-corrected chi connectivity index (χ4v) is 2.26. The normalized spacial score (nSPS) is 20.3. The highest BCUT2D eigenvalue weighted by Gasteiger charge is 2.24. The van der Waals surface area contributed by atoms with Crippen molar-refractivity contribution >= 4 is 11.7 Å². The lowest BCUT2D eigenvalue weighted by atomic mass is 10.2. The summed E-state index contributed by atoms with van der Waals surface area (Å²) in [6.07, 6.45) is 1.67. The van der Waals surface area contributed by atoms with E-state index in [-0.39, 0.29) is 31.1 Å². The summed E-state index contributed by atoms with van der Waals surface area (Å²) in [5, 5.41) is 16.3. The van der Waals surface area contributed by atoms with Crippen LogP contribution in [0.3, 0.4) is 0 Å². The summed E-state index contributed by atoms with van der Waals surface area (Å²) in [6.45, 7) is 5.97. The van der Waals surface area contributed by atoms with E-state index in [2.05, 4.69) is 10.4 Å². The van der Waals surface area contributed by atoms with Crippen LogP contribution in [-0.4, -0.2) is 64.6 Å². The summed E-state index contributed by atoms with van der Waals surface area (Å²) in [6, 6.07) is 1.86. The maximum absolute atomic E-state index is 12.1. The second-order valence-electron chi connectivity index (χ2n) is 5.18. The second-order valence-corrected chi connectivity index (χ2v) is 5.18. The molecule has 2 heterocycles. The first-order valence-electron chi connectivity index (χ1n) is 6.88. The van der Waals surface area contributed by atoms with Crippen molar-refractivity contribution in [1.29, 1.82) is 0 Å². The number of aliphatic hydroxyl groups is 1. The zero-order valence-electron chi connectivity index (χ0n) is 12.0. The Kier molecular flexibility index (Phi) is 5.11. The van der Waals surface area contributed by atoms with Gasteiger partial charge >= 0.3 is 0 Å². The number of anilines is 1. The zero-order valence-corrected chi connectivity index (χ0v) is 12.0. The molecule has 1 aliphatic heterocycles. The molecule has 0 bridgehead atoms. The largest absolute Gasteiger partial charge is 0.395 e. The number of hydrogen-bond acceptors (Lipinski definition) is 5. The Bertz CT molecular complexity index is 447. The number of morpholine rings is 1. The molecule has 112 valence electrons. The Morgan fingerprint density at radius 3 is 3.15 bits per heavy atom. The van der Waals surface area contributed by atoms with E-state index in [4.69, 9.17) is 4.74 Å². The van der Waals surface area contributed by atoms with E-state index >= 15 is 0 Å². The van der Waals surface area contributed by atoms with E-state index in [0.29, 0.717) is 25.6 Å². The van der Waals surface area contributed by atoms with E-state index in [1.165, 1.54) is 0 Å². The highest BCUT2D eigenvalue weighted by Crippen LogP contribution is 2.13. The van der Waals surface area contributed by atoms with E-state index in [1.54, 1.807) is 16.9 Å². The summed E-state index contributed by atoms with van der Waals surface area (Å²) < 4.78 is 7.06. The van der Waals surface area contributed by atoms with Crippen molar-refractivity contribution < 1.29 is 14.6 Å². The third-order valence-electron chi connectivity index (χ3n) is 3.33. The maximum atomic E-state index is 12.1. The number of carbonyl (C=O) groups is 1. The van der Waals surface area contributed by atoms with Gasteiger partial charge in [-0.15, -0.1) is 0 Å². The lowest BCUT2D eigenvalue weighted by Crippen LogP contribution is -2.50. The Morgan fingerprint density at radius 2 is 2.45 bits per heavy atom. The van der Waals surface area contributed by atoms with Gasteiger partial charge in [-0.3, -0.25) is 9.69 Å². The van der Waals surface area contributed by atoms with Crippen LogP contribution in [-0.2, 0) is 9.53 Å². The van der Waals surface area contributed by atoms with Crippen molar-refractivity contribution in [2.24, 2.45) is 0 Å². The Hall–Kier alpha value is -1.44. The quantitative estimate of drug-likeness (QED) is 0.800. The number of nitrogens with zero attached hydrogens (tertiary/aromatic N) is 3. The standard InChI is InChI=1S/C13H22N4O3/c1-10(2)17-12(3-4-14-17)15-13(19)7-16-5-6-20-9-11(16)8-18/h3-4,10-11,18H,5-9H2,1-2H3,(H,15,19). The number of carbonyl (C=O) groups excluding carboxylic acids is 1. The molecular weight excluding hydrogens is 260 g/mol. The van der Waals surface area contributed by atoms with Crippen LogP contribution in [0.5, 0.6) is 0 Å². The first-order chi connectivity index (χ1) is 9.61. The predicted molar refractivity (Wildman–Crippen MR) is 74.5 cm³/mol. The number of amides is 1. The van der Waals surface area contributed by atoms with E-state index in [0.717, 1.165) is 0 Å². The molecule has 0 radical (unpaired) electrons. The fourth-order valence-electron chi connectivity index (χ4n) is 2.26. The summed E-state index contributed by atoms with van der Waals surface area (Å²) in [4.78, 5) is 14.0. The third kappa shape index (κ3) is 3.56. The molecule has 1 amide bonds. The van der Waals surface area contributed by atoms with Gasteiger partial charge in [-0.1, -0.05) is 0 Å². The molecule has 1 aliphatic rings. The highest BCUT2D eigenvalue weighted by molar-refractivity contribution is 5.91. The Balaban J connectivity index is 1.93. The first-order valence-corrected chi connectivity index (χ1v) is 6.88. The van der Waals surface area contributed by atoms with Crippen molar-refractivity contribution in [2.75, 3.05) is 38.2 Å². The number of hydrogen-bond donors (Lipinski definition) is 2. The molecule has 2 rings (SSSR count). The number of aliphatic hydroxyl groups excluding tert-OH is 1. The molecule has 0 aliphatic carbocycles. The monoisotopic (exact) mass is 282 g/mol. The lowest BCUT2D eigenvalue weighted by Gasteiger charge is -2.33. The van der Waals surface area contributed by atoms with Crippen molar-refractivity contribution in [3.05, 3.63) is 12.3 Å². The molecule has 7 nitrogen and oxygen atoms in total. The molecule has 7 heteroatoms. The van der Waals surface area contributed by atoms with Crippen LogP contribution in [0, 0.1) is 0 Å². The molecule has 2 N–H and O–H groups in total. The minimum atomic E-state index is -0.107. The van der Waals surface area contributed by atoms with Crippen molar-refractivity contribution in [1.82, 2.24) is 14.7 Å². The minimum absolute atomic E-state index is 0.00277. The third-order valence-corrected chi connectivity index (χ3v) is 3.33. The number of aromatic nitrogens is 2. The van der Waals surface area contributed by atoms with E-state index < -0.39 is 0 Å². The molecule has 0 saturated carbocycles. The van der Waals surface area contributed by atoms with Crippen molar-refractivity contribution in [3.63, 3.8) is 0 Å². The summed E-state index contributed by atoms with van der Waals surface area (Å²) >= 11 is 0. The number of ether oxygens (including phenoxy) is 1. The smallest absolute Gasteiger partial charge is 0.239 e. The molecule has 1 aromatic heterocycles. The van der Waals surface area contributed by atoms with Gasteiger partial charge in [-0.05, 0) is 13.8 Å².